The Morgan fingerprint density at radius 3 is 2.43 bits per heavy atom. The molecule has 82 valence electrons. The lowest BCUT2D eigenvalue weighted by molar-refractivity contribution is -0.150. The van der Waals surface area contributed by atoms with E-state index in [0.717, 1.165) is 12.8 Å². The lowest BCUT2D eigenvalue weighted by Crippen LogP contribution is -2.30. The molecule has 0 radical (unpaired) electrons. The van der Waals surface area contributed by atoms with Gasteiger partial charge >= 0.3 is 5.97 Å². The molecule has 0 amide bonds. The molecule has 0 bridgehead atoms. The molecule has 0 aromatic heterocycles. The molecule has 0 aliphatic heterocycles. The Hall–Kier alpha value is -0.570. The summed E-state index contributed by atoms with van der Waals surface area (Å²) >= 11 is 0. The molecule has 0 saturated heterocycles. The van der Waals surface area contributed by atoms with Crippen molar-refractivity contribution < 1.29 is 14.3 Å². The maximum atomic E-state index is 11.5. The summed E-state index contributed by atoms with van der Waals surface area (Å²) in [7, 11) is 3.09. The Morgan fingerprint density at radius 1 is 1.29 bits per heavy atom. The molecule has 0 aromatic rings. The van der Waals surface area contributed by atoms with Crippen molar-refractivity contribution in [1.82, 2.24) is 0 Å². The highest BCUT2D eigenvalue weighted by atomic mass is 16.5. The molecule has 0 N–H and O–H groups in total. The molecule has 1 unspecified atom stereocenters. The normalized spacial score (nSPS) is 20.4. The Labute approximate surface area is 85.8 Å². The summed E-state index contributed by atoms with van der Waals surface area (Å²) in [5.74, 6) is 0.306. The zero-order chi connectivity index (χ0) is 10.4. The summed E-state index contributed by atoms with van der Waals surface area (Å²) in [5, 5.41) is 0. The van der Waals surface area contributed by atoms with Crippen LogP contribution in [0, 0.1) is 11.8 Å². The van der Waals surface area contributed by atoms with Gasteiger partial charge in [0.2, 0.25) is 0 Å². The smallest absolute Gasteiger partial charge is 0.311 e. The minimum atomic E-state index is -0.112. The van der Waals surface area contributed by atoms with Gasteiger partial charge in [0.25, 0.3) is 0 Å². The number of esters is 1. The summed E-state index contributed by atoms with van der Waals surface area (Å²) in [6, 6.07) is 0. The fourth-order valence-electron chi connectivity index (χ4n) is 2.26. The van der Waals surface area contributed by atoms with Crippen LogP contribution in [0.4, 0.5) is 0 Å². The van der Waals surface area contributed by atoms with Crippen LogP contribution in [0.15, 0.2) is 0 Å². The van der Waals surface area contributed by atoms with E-state index in [4.69, 9.17) is 9.47 Å². The third kappa shape index (κ3) is 2.98. The maximum Gasteiger partial charge on any atom is 0.311 e. The Balaban J connectivity index is 2.50. The first kappa shape index (κ1) is 11.5. The van der Waals surface area contributed by atoms with Gasteiger partial charge in [0.15, 0.2) is 0 Å². The molecule has 0 spiro atoms. The van der Waals surface area contributed by atoms with E-state index in [2.05, 4.69) is 0 Å². The summed E-state index contributed by atoms with van der Waals surface area (Å²) in [6.07, 6.45) is 6.06. The molecular formula is C11H20O3. The van der Waals surface area contributed by atoms with Gasteiger partial charge in [0, 0.05) is 7.11 Å². The van der Waals surface area contributed by atoms with Crippen molar-refractivity contribution in [3.63, 3.8) is 0 Å². The number of rotatable bonds is 4. The monoisotopic (exact) mass is 200 g/mol. The van der Waals surface area contributed by atoms with Crippen LogP contribution in [0.5, 0.6) is 0 Å². The van der Waals surface area contributed by atoms with E-state index in [1.807, 2.05) is 0 Å². The standard InChI is InChI=1S/C11H20O3/c1-13-8-10(11(12)14-2)9-6-4-3-5-7-9/h9-10H,3-8H2,1-2H3. The first-order valence-electron chi connectivity index (χ1n) is 5.36. The van der Waals surface area contributed by atoms with Gasteiger partial charge in [-0.1, -0.05) is 19.3 Å². The van der Waals surface area contributed by atoms with Crippen LogP contribution in [0.25, 0.3) is 0 Å². The van der Waals surface area contributed by atoms with E-state index in [0.29, 0.717) is 12.5 Å². The number of carbonyl (C=O) groups excluding carboxylic acids is 1. The quantitative estimate of drug-likeness (QED) is 0.651. The van der Waals surface area contributed by atoms with Gasteiger partial charge in [-0.25, -0.2) is 0 Å². The van der Waals surface area contributed by atoms with E-state index in [1.54, 1.807) is 7.11 Å². The van der Waals surface area contributed by atoms with Gasteiger partial charge in [-0.05, 0) is 18.8 Å². The highest BCUT2D eigenvalue weighted by Crippen LogP contribution is 2.30. The molecule has 1 fully saturated rings. The van der Waals surface area contributed by atoms with Crippen LogP contribution in [-0.4, -0.2) is 26.8 Å². The largest absolute Gasteiger partial charge is 0.469 e. The fraction of sp³-hybridized carbons (Fsp3) is 0.909. The molecule has 14 heavy (non-hydrogen) atoms. The predicted octanol–water partition coefficient (Wildman–Crippen LogP) is 2.00. The average Bonchev–Trinajstić information content (AvgIpc) is 2.26. The van der Waals surface area contributed by atoms with E-state index < -0.39 is 0 Å². The van der Waals surface area contributed by atoms with Crippen molar-refractivity contribution >= 4 is 5.97 Å². The summed E-state index contributed by atoms with van der Waals surface area (Å²) in [6.45, 7) is 0.497. The van der Waals surface area contributed by atoms with Crippen molar-refractivity contribution in [1.29, 1.82) is 0 Å². The predicted molar refractivity (Wildman–Crippen MR) is 54.0 cm³/mol. The van der Waals surface area contributed by atoms with Crippen molar-refractivity contribution in [2.24, 2.45) is 11.8 Å². The molecule has 1 rings (SSSR count). The van der Waals surface area contributed by atoms with Gasteiger partial charge in [0.05, 0.1) is 19.6 Å². The van der Waals surface area contributed by atoms with Crippen LogP contribution < -0.4 is 0 Å². The lowest BCUT2D eigenvalue weighted by atomic mass is 9.80. The number of carbonyl (C=O) groups is 1. The number of hydrogen-bond acceptors (Lipinski definition) is 3. The van der Waals surface area contributed by atoms with E-state index in [1.165, 1.54) is 26.4 Å². The molecule has 3 nitrogen and oxygen atoms in total. The highest BCUT2D eigenvalue weighted by molar-refractivity contribution is 5.72. The molecule has 1 saturated carbocycles. The summed E-state index contributed by atoms with van der Waals surface area (Å²) < 4.78 is 9.88. The number of hydrogen-bond donors (Lipinski definition) is 0. The van der Waals surface area contributed by atoms with Gasteiger partial charge in [-0.15, -0.1) is 0 Å². The van der Waals surface area contributed by atoms with E-state index >= 15 is 0 Å². The zero-order valence-corrected chi connectivity index (χ0v) is 9.12. The number of ether oxygens (including phenoxy) is 2. The second-order valence-corrected chi connectivity index (χ2v) is 3.98. The zero-order valence-electron chi connectivity index (χ0n) is 9.12. The molecule has 3 heteroatoms. The SMILES string of the molecule is COCC(C(=O)OC)C1CCCCC1. The van der Waals surface area contributed by atoms with Gasteiger partial charge in [-0.3, -0.25) is 4.79 Å². The summed E-state index contributed by atoms with van der Waals surface area (Å²) in [4.78, 5) is 11.5. The number of methoxy groups -OCH3 is 2. The van der Waals surface area contributed by atoms with E-state index in [-0.39, 0.29) is 11.9 Å². The average molecular weight is 200 g/mol. The van der Waals surface area contributed by atoms with Crippen molar-refractivity contribution in [3.8, 4) is 0 Å². The molecule has 0 heterocycles. The van der Waals surface area contributed by atoms with Crippen LogP contribution in [0.2, 0.25) is 0 Å². The third-order valence-corrected chi connectivity index (χ3v) is 3.07. The Morgan fingerprint density at radius 2 is 1.93 bits per heavy atom. The minimum Gasteiger partial charge on any atom is -0.469 e. The fourth-order valence-corrected chi connectivity index (χ4v) is 2.26. The molecule has 1 atom stereocenters. The van der Waals surface area contributed by atoms with Crippen LogP contribution in [-0.2, 0) is 14.3 Å². The molecule has 1 aliphatic rings. The first-order valence-corrected chi connectivity index (χ1v) is 5.36. The molecule has 1 aliphatic carbocycles. The van der Waals surface area contributed by atoms with Gasteiger partial charge < -0.3 is 9.47 Å². The van der Waals surface area contributed by atoms with Crippen LogP contribution >= 0.6 is 0 Å². The lowest BCUT2D eigenvalue weighted by Gasteiger charge is -2.27. The summed E-state index contributed by atoms with van der Waals surface area (Å²) in [5.41, 5.74) is 0. The Kier molecular flexibility index (Phi) is 4.94. The molecular weight excluding hydrogens is 180 g/mol. The third-order valence-electron chi connectivity index (χ3n) is 3.07. The topological polar surface area (TPSA) is 35.5 Å². The highest BCUT2D eigenvalue weighted by Gasteiger charge is 2.29. The first-order chi connectivity index (χ1) is 6.79. The molecule has 0 aromatic carbocycles. The van der Waals surface area contributed by atoms with Crippen molar-refractivity contribution in [2.45, 2.75) is 32.1 Å². The van der Waals surface area contributed by atoms with Crippen molar-refractivity contribution in [3.05, 3.63) is 0 Å². The van der Waals surface area contributed by atoms with Crippen LogP contribution in [0.3, 0.4) is 0 Å². The second kappa shape index (κ2) is 6.02. The van der Waals surface area contributed by atoms with Gasteiger partial charge in [0.1, 0.15) is 0 Å². The van der Waals surface area contributed by atoms with Crippen LogP contribution in [0.1, 0.15) is 32.1 Å². The minimum absolute atomic E-state index is 0.0506. The van der Waals surface area contributed by atoms with Gasteiger partial charge in [-0.2, -0.15) is 0 Å². The maximum absolute atomic E-state index is 11.5. The second-order valence-electron chi connectivity index (χ2n) is 3.98. The van der Waals surface area contributed by atoms with Crippen molar-refractivity contribution in [2.75, 3.05) is 20.8 Å². The Bertz CT molecular complexity index is 173. The van der Waals surface area contributed by atoms with E-state index in [9.17, 15) is 4.79 Å².